The number of hydrogen-bond donors (Lipinski definition) is 2. The molecule has 2 rings (SSSR count). The van der Waals surface area contributed by atoms with E-state index >= 15 is 0 Å². The first-order chi connectivity index (χ1) is 10.8. The van der Waals surface area contributed by atoms with Crippen LogP contribution in [-0.2, 0) is 4.79 Å². The molecule has 2 heterocycles. The number of β-amino-alcohol motifs (C(OH)–C–C–N with tert-alkyl or cyclic N) is 1. The molecule has 126 valence electrons. The van der Waals surface area contributed by atoms with Crippen molar-refractivity contribution in [2.45, 2.75) is 45.1 Å². The van der Waals surface area contributed by atoms with Crippen molar-refractivity contribution >= 4 is 11.8 Å². The average Bonchev–Trinajstić information content (AvgIpc) is 2.52. The van der Waals surface area contributed by atoms with Gasteiger partial charge in [0.2, 0.25) is 5.91 Å². The van der Waals surface area contributed by atoms with Crippen LogP contribution in [-0.4, -0.2) is 57.5 Å². The predicted molar refractivity (Wildman–Crippen MR) is 84.9 cm³/mol. The summed E-state index contributed by atoms with van der Waals surface area (Å²) in [4.78, 5) is 34.0. The average molecular weight is 320 g/mol. The molecule has 0 unspecified atom stereocenters. The zero-order valence-corrected chi connectivity index (χ0v) is 13.9. The van der Waals surface area contributed by atoms with Gasteiger partial charge in [-0.15, -0.1) is 0 Å². The van der Waals surface area contributed by atoms with Gasteiger partial charge < -0.3 is 15.3 Å². The van der Waals surface area contributed by atoms with Gasteiger partial charge in [0.25, 0.3) is 5.91 Å². The second kappa shape index (κ2) is 7.04. The topological polar surface area (TPSA) is 95.4 Å². The Bertz CT molecular complexity index is 605. The van der Waals surface area contributed by atoms with E-state index < -0.39 is 5.60 Å². The van der Waals surface area contributed by atoms with Crippen LogP contribution in [0.15, 0.2) is 6.20 Å². The molecule has 1 atom stereocenters. The summed E-state index contributed by atoms with van der Waals surface area (Å²) in [5, 5.41) is 13.2. The molecule has 0 spiro atoms. The van der Waals surface area contributed by atoms with Crippen LogP contribution in [0.4, 0.5) is 0 Å². The van der Waals surface area contributed by atoms with Gasteiger partial charge in [-0.1, -0.05) is 0 Å². The third-order valence-electron chi connectivity index (χ3n) is 4.27. The van der Waals surface area contributed by atoms with E-state index in [4.69, 9.17) is 0 Å². The maximum Gasteiger partial charge on any atom is 0.257 e. The van der Waals surface area contributed by atoms with Crippen LogP contribution in [0.5, 0.6) is 0 Å². The molecule has 2 N–H and O–H groups in total. The normalized spacial score (nSPS) is 21.1. The lowest BCUT2D eigenvalue weighted by atomic mass is 9.88. The fraction of sp³-hybridized carbons (Fsp3) is 0.625. The molecule has 0 radical (unpaired) electrons. The van der Waals surface area contributed by atoms with E-state index in [1.54, 1.807) is 25.8 Å². The van der Waals surface area contributed by atoms with E-state index in [2.05, 4.69) is 15.3 Å². The van der Waals surface area contributed by atoms with Gasteiger partial charge >= 0.3 is 0 Å². The van der Waals surface area contributed by atoms with Crippen molar-refractivity contribution in [3.05, 3.63) is 23.3 Å². The highest BCUT2D eigenvalue weighted by molar-refractivity contribution is 5.95. The number of rotatable bonds is 4. The number of aliphatic hydroxyl groups is 1. The minimum Gasteiger partial charge on any atom is -0.388 e. The fourth-order valence-electron chi connectivity index (χ4n) is 2.92. The standard InChI is InChI=1S/C16H24N4O3/c1-11-13(9-18-12(2)19-11)15(22)20-8-4-6-16(23,10-20)7-5-14(21)17-3/h9,23H,4-8,10H2,1-3H3,(H,17,21)/t16-/m1/s1. The van der Waals surface area contributed by atoms with Crippen molar-refractivity contribution in [2.75, 3.05) is 20.1 Å². The van der Waals surface area contributed by atoms with Crippen molar-refractivity contribution in [2.24, 2.45) is 0 Å². The molecule has 23 heavy (non-hydrogen) atoms. The van der Waals surface area contributed by atoms with Gasteiger partial charge in [0.15, 0.2) is 0 Å². The molecule has 0 aromatic carbocycles. The third-order valence-corrected chi connectivity index (χ3v) is 4.27. The molecule has 0 aliphatic carbocycles. The predicted octanol–water partition coefficient (Wildman–Crippen LogP) is 0.587. The number of carbonyl (C=O) groups excluding carboxylic acids is 2. The van der Waals surface area contributed by atoms with E-state index in [0.29, 0.717) is 42.9 Å². The lowest BCUT2D eigenvalue weighted by Crippen LogP contribution is -2.50. The summed E-state index contributed by atoms with van der Waals surface area (Å²) in [5.41, 5.74) is 0.0907. The Kier molecular flexibility index (Phi) is 5.30. The lowest BCUT2D eigenvalue weighted by Gasteiger charge is -2.39. The number of hydrogen-bond acceptors (Lipinski definition) is 5. The molecule has 0 saturated carbocycles. The van der Waals surface area contributed by atoms with E-state index in [0.717, 1.165) is 0 Å². The number of piperidine rings is 1. The van der Waals surface area contributed by atoms with Crippen LogP contribution in [0, 0.1) is 13.8 Å². The smallest absolute Gasteiger partial charge is 0.257 e. The monoisotopic (exact) mass is 320 g/mol. The molecule has 1 aliphatic heterocycles. The number of nitrogens with zero attached hydrogens (tertiary/aromatic N) is 3. The van der Waals surface area contributed by atoms with Crippen molar-refractivity contribution in [1.29, 1.82) is 0 Å². The first-order valence-corrected chi connectivity index (χ1v) is 7.87. The molecule has 1 aliphatic rings. The molecule has 1 saturated heterocycles. The minimum atomic E-state index is -1.01. The van der Waals surface area contributed by atoms with Crippen LogP contribution >= 0.6 is 0 Å². The van der Waals surface area contributed by atoms with Gasteiger partial charge in [-0.2, -0.15) is 0 Å². The van der Waals surface area contributed by atoms with E-state index in [1.165, 1.54) is 6.20 Å². The summed E-state index contributed by atoms with van der Waals surface area (Å²) in [6.45, 7) is 4.38. The fourth-order valence-corrected chi connectivity index (χ4v) is 2.92. The Labute approximate surface area is 136 Å². The van der Waals surface area contributed by atoms with Gasteiger partial charge in [0.05, 0.1) is 16.9 Å². The van der Waals surface area contributed by atoms with Crippen molar-refractivity contribution < 1.29 is 14.7 Å². The summed E-state index contributed by atoms with van der Waals surface area (Å²) in [5.74, 6) is 0.352. The van der Waals surface area contributed by atoms with Gasteiger partial charge in [-0.3, -0.25) is 9.59 Å². The molecule has 0 bridgehead atoms. The number of amides is 2. The maximum absolute atomic E-state index is 12.7. The van der Waals surface area contributed by atoms with E-state index in [1.807, 2.05) is 0 Å². The van der Waals surface area contributed by atoms with Gasteiger partial charge in [-0.05, 0) is 33.1 Å². The summed E-state index contributed by atoms with van der Waals surface area (Å²) >= 11 is 0. The second-order valence-corrected chi connectivity index (χ2v) is 6.14. The Morgan fingerprint density at radius 1 is 1.43 bits per heavy atom. The number of aromatic nitrogens is 2. The quantitative estimate of drug-likeness (QED) is 0.846. The van der Waals surface area contributed by atoms with Gasteiger partial charge in [0.1, 0.15) is 5.82 Å². The van der Waals surface area contributed by atoms with Crippen molar-refractivity contribution in [3.63, 3.8) is 0 Å². The molecule has 1 aromatic heterocycles. The van der Waals surface area contributed by atoms with Crippen molar-refractivity contribution in [1.82, 2.24) is 20.2 Å². The zero-order chi connectivity index (χ0) is 17.0. The maximum atomic E-state index is 12.7. The summed E-state index contributed by atoms with van der Waals surface area (Å²) in [6.07, 6.45) is 3.44. The summed E-state index contributed by atoms with van der Waals surface area (Å²) in [7, 11) is 1.57. The first-order valence-electron chi connectivity index (χ1n) is 7.87. The largest absolute Gasteiger partial charge is 0.388 e. The SMILES string of the molecule is CNC(=O)CC[C@]1(O)CCCN(C(=O)c2cnc(C)nc2C)C1. The number of nitrogens with one attached hydrogen (secondary N) is 1. The van der Waals surface area contributed by atoms with Gasteiger partial charge in [-0.25, -0.2) is 9.97 Å². The van der Waals surface area contributed by atoms with Crippen LogP contribution in [0.25, 0.3) is 0 Å². The van der Waals surface area contributed by atoms with E-state index in [-0.39, 0.29) is 24.8 Å². The van der Waals surface area contributed by atoms with Crippen LogP contribution in [0.1, 0.15) is 47.6 Å². The third kappa shape index (κ3) is 4.25. The molecular weight excluding hydrogens is 296 g/mol. The number of carbonyl (C=O) groups is 2. The second-order valence-electron chi connectivity index (χ2n) is 6.14. The first kappa shape index (κ1) is 17.3. The molecular formula is C16H24N4O3. The van der Waals surface area contributed by atoms with Crippen LogP contribution in [0.2, 0.25) is 0 Å². The molecule has 2 amide bonds. The Hall–Kier alpha value is -2.02. The van der Waals surface area contributed by atoms with E-state index in [9.17, 15) is 14.7 Å². The number of likely N-dealkylation sites (tertiary alicyclic amines) is 1. The summed E-state index contributed by atoms with van der Waals surface area (Å²) < 4.78 is 0. The highest BCUT2D eigenvalue weighted by Crippen LogP contribution is 2.27. The molecule has 7 nitrogen and oxygen atoms in total. The zero-order valence-electron chi connectivity index (χ0n) is 13.9. The Morgan fingerprint density at radius 3 is 2.83 bits per heavy atom. The highest BCUT2D eigenvalue weighted by atomic mass is 16.3. The Morgan fingerprint density at radius 2 is 2.17 bits per heavy atom. The Balaban J connectivity index is 2.07. The summed E-state index contributed by atoms with van der Waals surface area (Å²) in [6, 6.07) is 0. The van der Waals surface area contributed by atoms with Crippen LogP contribution in [0.3, 0.4) is 0 Å². The van der Waals surface area contributed by atoms with Crippen molar-refractivity contribution in [3.8, 4) is 0 Å². The highest BCUT2D eigenvalue weighted by Gasteiger charge is 2.36. The minimum absolute atomic E-state index is 0.107. The molecule has 1 aromatic rings. The van der Waals surface area contributed by atoms with Crippen LogP contribution < -0.4 is 5.32 Å². The lowest BCUT2D eigenvalue weighted by molar-refractivity contribution is -0.122. The molecule has 7 heteroatoms. The number of aryl methyl sites for hydroxylation is 2. The molecule has 1 fully saturated rings. The van der Waals surface area contributed by atoms with Gasteiger partial charge in [0, 0.05) is 32.8 Å².